The van der Waals surface area contributed by atoms with Crippen LogP contribution in [0.1, 0.15) is 12.5 Å². The van der Waals surface area contributed by atoms with Crippen molar-refractivity contribution in [1.82, 2.24) is 9.55 Å². The molecule has 0 saturated carbocycles. The second-order valence-electron chi connectivity index (χ2n) is 3.15. The smallest absolute Gasteiger partial charge is 0.167 e. The molecule has 2 rings (SSSR count). The van der Waals surface area contributed by atoms with Gasteiger partial charge in [-0.1, -0.05) is 6.92 Å². The molecule has 13 heavy (non-hydrogen) atoms. The Kier molecular flexibility index (Phi) is 1.79. The van der Waals surface area contributed by atoms with E-state index in [0.717, 1.165) is 17.5 Å². The van der Waals surface area contributed by atoms with Crippen molar-refractivity contribution in [3.63, 3.8) is 0 Å². The SMILES string of the molecule is CCc1cnc2c(F)cn(C)c2c1. The quantitative estimate of drug-likeness (QED) is 0.655. The summed E-state index contributed by atoms with van der Waals surface area (Å²) in [6.07, 6.45) is 4.11. The van der Waals surface area contributed by atoms with Crippen LogP contribution in [0.2, 0.25) is 0 Å². The van der Waals surface area contributed by atoms with Crippen LogP contribution in [-0.2, 0) is 13.5 Å². The predicted octanol–water partition coefficient (Wildman–Crippen LogP) is 2.27. The third kappa shape index (κ3) is 1.20. The minimum atomic E-state index is -0.250. The Morgan fingerprint density at radius 3 is 3.00 bits per heavy atom. The number of hydrogen-bond donors (Lipinski definition) is 0. The highest BCUT2D eigenvalue weighted by Crippen LogP contribution is 2.17. The van der Waals surface area contributed by atoms with Gasteiger partial charge in [-0.3, -0.25) is 4.98 Å². The van der Waals surface area contributed by atoms with E-state index in [2.05, 4.69) is 11.9 Å². The summed E-state index contributed by atoms with van der Waals surface area (Å²) in [5.41, 5.74) is 2.45. The number of halogens is 1. The fourth-order valence-corrected chi connectivity index (χ4v) is 1.44. The minimum absolute atomic E-state index is 0.250. The van der Waals surface area contributed by atoms with Crippen LogP contribution in [-0.4, -0.2) is 9.55 Å². The van der Waals surface area contributed by atoms with E-state index in [1.807, 2.05) is 13.1 Å². The monoisotopic (exact) mass is 178 g/mol. The maximum absolute atomic E-state index is 13.2. The summed E-state index contributed by atoms with van der Waals surface area (Å²) >= 11 is 0. The van der Waals surface area contributed by atoms with Gasteiger partial charge in [0.15, 0.2) is 5.82 Å². The summed E-state index contributed by atoms with van der Waals surface area (Å²) < 4.78 is 14.9. The van der Waals surface area contributed by atoms with E-state index in [0.29, 0.717) is 5.52 Å². The first-order valence-corrected chi connectivity index (χ1v) is 4.32. The summed E-state index contributed by atoms with van der Waals surface area (Å²) in [6, 6.07) is 1.98. The highest BCUT2D eigenvalue weighted by atomic mass is 19.1. The second-order valence-corrected chi connectivity index (χ2v) is 3.15. The maximum atomic E-state index is 13.2. The first kappa shape index (κ1) is 8.23. The van der Waals surface area contributed by atoms with Crippen molar-refractivity contribution in [2.45, 2.75) is 13.3 Å². The molecule has 0 aliphatic carbocycles. The zero-order valence-electron chi connectivity index (χ0n) is 7.71. The molecule has 0 N–H and O–H groups in total. The van der Waals surface area contributed by atoms with Gasteiger partial charge in [0.05, 0.1) is 5.52 Å². The molecular weight excluding hydrogens is 167 g/mol. The molecule has 0 aliphatic rings. The van der Waals surface area contributed by atoms with Crippen LogP contribution in [0.4, 0.5) is 4.39 Å². The van der Waals surface area contributed by atoms with Crippen LogP contribution in [0.25, 0.3) is 11.0 Å². The molecule has 0 aliphatic heterocycles. The number of aryl methyl sites for hydroxylation is 2. The van der Waals surface area contributed by atoms with Crippen molar-refractivity contribution >= 4 is 11.0 Å². The third-order valence-corrected chi connectivity index (χ3v) is 2.25. The van der Waals surface area contributed by atoms with Crippen molar-refractivity contribution in [3.05, 3.63) is 29.8 Å². The fourth-order valence-electron chi connectivity index (χ4n) is 1.44. The first-order chi connectivity index (χ1) is 6.22. The molecular formula is C10H11FN2. The van der Waals surface area contributed by atoms with E-state index in [-0.39, 0.29) is 5.82 Å². The van der Waals surface area contributed by atoms with Gasteiger partial charge in [-0.05, 0) is 18.1 Å². The molecule has 0 unspecified atom stereocenters. The van der Waals surface area contributed by atoms with Gasteiger partial charge in [-0.15, -0.1) is 0 Å². The number of nitrogens with zero attached hydrogens (tertiary/aromatic N) is 2. The van der Waals surface area contributed by atoms with Gasteiger partial charge < -0.3 is 4.57 Å². The molecule has 0 atom stereocenters. The molecule has 0 fully saturated rings. The Balaban J connectivity index is 2.76. The van der Waals surface area contributed by atoms with Gasteiger partial charge in [0.25, 0.3) is 0 Å². The van der Waals surface area contributed by atoms with E-state index in [9.17, 15) is 4.39 Å². The van der Waals surface area contributed by atoms with Crippen molar-refractivity contribution in [2.75, 3.05) is 0 Å². The molecule has 2 nitrogen and oxygen atoms in total. The molecule has 2 heterocycles. The maximum Gasteiger partial charge on any atom is 0.167 e. The lowest BCUT2D eigenvalue weighted by atomic mass is 10.2. The summed E-state index contributed by atoms with van der Waals surface area (Å²) in [5.74, 6) is -0.250. The highest BCUT2D eigenvalue weighted by molar-refractivity contribution is 5.76. The summed E-state index contributed by atoms with van der Waals surface area (Å²) in [5, 5.41) is 0. The Morgan fingerprint density at radius 2 is 2.31 bits per heavy atom. The van der Waals surface area contributed by atoms with Gasteiger partial charge in [0, 0.05) is 19.4 Å². The molecule has 0 amide bonds. The number of aromatic nitrogens is 2. The summed E-state index contributed by atoms with van der Waals surface area (Å²) in [7, 11) is 1.83. The van der Waals surface area contributed by atoms with E-state index in [1.165, 1.54) is 6.20 Å². The van der Waals surface area contributed by atoms with Crippen molar-refractivity contribution in [2.24, 2.45) is 7.05 Å². The molecule has 3 heteroatoms. The molecule has 2 aromatic heterocycles. The largest absolute Gasteiger partial charge is 0.346 e. The topological polar surface area (TPSA) is 17.8 Å². The zero-order valence-corrected chi connectivity index (χ0v) is 7.71. The molecule has 0 aromatic carbocycles. The van der Waals surface area contributed by atoms with Crippen molar-refractivity contribution in [1.29, 1.82) is 0 Å². The van der Waals surface area contributed by atoms with Gasteiger partial charge in [-0.25, -0.2) is 4.39 Å². The molecule has 0 bridgehead atoms. The van der Waals surface area contributed by atoms with Crippen LogP contribution in [0, 0.1) is 5.82 Å². The third-order valence-electron chi connectivity index (χ3n) is 2.25. The van der Waals surface area contributed by atoms with Gasteiger partial charge >= 0.3 is 0 Å². The van der Waals surface area contributed by atoms with Crippen LogP contribution in [0.5, 0.6) is 0 Å². The molecule has 68 valence electrons. The van der Waals surface area contributed by atoms with Crippen LogP contribution < -0.4 is 0 Å². The highest BCUT2D eigenvalue weighted by Gasteiger charge is 2.06. The van der Waals surface area contributed by atoms with E-state index in [4.69, 9.17) is 0 Å². The van der Waals surface area contributed by atoms with Crippen molar-refractivity contribution < 1.29 is 4.39 Å². The average Bonchev–Trinajstić information content (AvgIpc) is 2.42. The lowest BCUT2D eigenvalue weighted by molar-refractivity contribution is 0.631. The molecule has 0 spiro atoms. The Hall–Kier alpha value is -1.38. The van der Waals surface area contributed by atoms with Crippen LogP contribution in [0.3, 0.4) is 0 Å². The first-order valence-electron chi connectivity index (χ1n) is 4.32. The van der Waals surface area contributed by atoms with Crippen LogP contribution >= 0.6 is 0 Å². The number of rotatable bonds is 1. The lowest BCUT2D eigenvalue weighted by Crippen LogP contribution is -1.88. The average molecular weight is 178 g/mol. The Morgan fingerprint density at radius 1 is 1.54 bits per heavy atom. The zero-order chi connectivity index (χ0) is 9.42. The van der Waals surface area contributed by atoms with Gasteiger partial charge in [0.2, 0.25) is 0 Å². The van der Waals surface area contributed by atoms with E-state index in [1.54, 1.807) is 10.8 Å². The second kappa shape index (κ2) is 2.83. The Labute approximate surface area is 76.0 Å². The van der Waals surface area contributed by atoms with Gasteiger partial charge in [0.1, 0.15) is 5.52 Å². The van der Waals surface area contributed by atoms with E-state index < -0.39 is 0 Å². The predicted molar refractivity (Wildman–Crippen MR) is 50.1 cm³/mol. The van der Waals surface area contributed by atoms with Crippen LogP contribution in [0.15, 0.2) is 18.5 Å². The Bertz CT molecular complexity index is 445. The van der Waals surface area contributed by atoms with E-state index >= 15 is 0 Å². The number of pyridine rings is 1. The lowest BCUT2D eigenvalue weighted by Gasteiger charge is -1.97. The molecule has 0 saturated heterocycles. The summed E-state index contributed by atoms with van der Waals surface area (Å²) in [4.78, 5) is 4.08. The minimum Gasteiger partial charge on any atom is -0.346 e. The normalized spacial score (nSPS) is 11.0. The fraction of sp³-hybridized carbons (Fsp3) is 0.300. The molecule has 2 aromatic rings. The van der Waals surface area contributed by atoms with Crippen molar-refractivity contribution in [3.8, 4) is 0 Å². The number of hydrogen-bond acceptors (Lipinski definition) is 1. The number of fused-ring (bicyclic) bond motifs is 1. The standard InChI is InChI=1S/C10H11FN2/c1-3-7-4-9-10(12-5-7)8(11)6-13(9)2/h4-6H,3H2,1-2H3. The summed E-state index contributed by atoms with van der Waals surface area (Å²) in [6.45, 7) is 2.06. The van der Waals surface area contributed by atoms with Gasteiger partial charge in [-0.2, -0.15) is 0 Å². The molecule has 0 radical (unpaired) electrons.